The highest BCUT2D eigenvalue weighted by molar-refractivity contribution is 6.25. The molecule has 2 aliphatic rings. The van der Waals surface area contributed by atoms with Crippen LogP contribution in [0.5, 0.6) is 0 Å². The zero-order valence-corrected chi connectivity index (χ0v) is 24.0. The van der Waals surface area contributed by atoms with Gasteiger partial charge in [-0.2, -0.15) is 0 Å². The highest BCUT2D eigenvalue weighted by Gasteiger charge is 2.35. The van der Waals surface area contributed by atoms with Crippen LogP contribution in [-0.2, 0) is 0 Å². The first-order valence-electron chi connectivity index (χ1n) is 15.3. The minimum atomic E-state index is 0.996. The number of fused-ring (bicyclic) bond motifs is 12. The number of nitrogens with zero attached hydrogens (tertiary/aromatic N) is 2. The van der Waals surface area contributed by atoms with E-state index in [1.54, 1.807) is 0 Å². The van der Waals surface area contributed by atoms with Crippen molar-refractivity contribution in [1.29, 1.82) is 0 Å². The number of hydrogen-bond donors (Lipinski definition) is 0. The van der Waals surface area contributed by atoms with Gasteiger partial charge in [-0.3, -0.25) is 0 Å². The fourth-order valence-electron chi connectivity index (χ4n) is 7.28. The predicted octanol–water partition coefficient (Wildman–Crippen LogP) is 10.9. The second-order valence-electron chi connectivity index (χ2n) is 11.9. The maximum Gasteiger partial charge on any atom is 0.0953 e. The summed E-state index contributed by atoms with van der Waals surface area (Å²) in [4.78, 5) is 7.48. The first-order chi connectivity index (χ1) is 21.8. The van der Waals surface area contributed by atoms with Crippen LogP contribution in [0.3, 0.4) is 0 Å². The Morgan fingerprint density at radius 2 is 0.977 bits per heavy atom. The topological polar surface area (TPSA) is 16.1 Å². The van der Waals surface area contributed by atoms with Crippen molar-refractivity contribution in [2.24, 2.45) is 0 Å². The van der Waals surface area contributed by atoms with Gasteiger partial charge in [0.2, 0.25) is 0 Å². The molecule has 0 N–H and O–H groups in total. The third-order valence-electron chi connectivity index (χ3n) is 9.62. The van der Waals surface area contributed by atoms with Crippen LogP contribution in [-0.4, -0.2) is 11.5 Å². The molecule has 0 aliphatic carbocycles. The molecule has 7 aromatic carbocycles. The van der Waals surface area contributed by atoms with Crippen molar-refractivity contribution in [2.45, 2.75) is 0 Å². The number of rotatable bonds is 3. The minimum Gasteiger partial charge on any atom is -0.335 e. The van der Waals surface area contributed by atoms with Gasteiger partial charge in [-0.25, -0.2) is 4.98 Å². The summed E-state index contributed by atoms with van der Waals surface area (Å²) in [7, 11) is 0. The van der Waals surface area contributed by atoms with Gasteiger partial charge in [0.15, 0.2) is 0 Å². The van der Waals surface area contributed by atoms with E-state index in [0.717, 1.165) is 23.3 Å². The van der Waals surface area contributed by atoms with Crippen molar-refractivity contribution in [1.82, 2.24) is 4.98 Å². The fourth-order valence-corrected chi connectivity index (χ4v) is 7.28. The van der Waals surface area contributed by atoms with E-state index in [2.05, 4.69) is 151 Å². The van der Waals surface area contributed by atoms with E-state index in [4.69, 9.17) is 4.98 Å². The number of benzene rings is 7. The molecule has 0 fully saturated rings. The zero-order valence-electron chi connectivity index (χ0n) is 24.0. The van der Waals surface area contributed by atoms with Gasteiger partial charge in [0, 0.05) is 28.8 Å². The first kappa shape index (κ1) is 23.8. The lowest BCUT2D eigenvalue weighted by atomic mass is 9.90. The molecule has 0 amide bonds. The Morgan fingerprint density at radius 3 is 1.59 bits per heavy atom. The summed E-state index contributed by atoms with van der Waals surface area (Å²) in [6, 6.07) is 50.9. The second-order valence-corrected chi connectivity index (χ2v) is 11.9. The van der Waals surface area contributed by atoms with E-state index in [0.29, 0.717) is 0 Å². The highest BCUT2D eigenvalue weighted by atomic mass is 15.2. The lowest BCUT2D eigenvalue weighted by Crippen LogP contribution is -2.38. The van der Waals surface area contributed by atoms with Gasteiger partial charge >= 0.3 is 0 Å². The van der Waals surface area contributed by atoms with Crippen LogP contribution in [0.1, 0.15) is 5.56 Å². The predicted molar refractivity (Wildman–Crippen MR) is 186 cm³/mol. The summed E-state index contributed by atoms with van der Waals surface area (Å²) >= 11 is 0. The van der Waals surface area contributed by atoms with Gasteiger partial charge in [0.25, 0.3) is 0 Å². The van der Waals surface area contributed by atoms with Gasteiger partial charge in [-0.15, -0.1) is 0 Å². The minimum absolute atomic E-state index is 0.996. The molecule has 2 heteroatoms. The third-order valence-corrected chi connectivity index (χ3v) is 9.62. The van der Waals surface area contributed by atoms with E-state index in [1.807, 2.05) is 0 Å². The summed E-state index contributed by atoms with van der Waals surface area (Å²) < 4.78 is 0. The Kier molecular flexibility index (Phi) is 4.81. The normalized spacial score (nSPS) is 13.5. The number of pyridine rings is 1. The monoisotopic (exact) mass is 558 g/mol. The van der Waals surface area contributed by atoms with E-state index >= 15 is 0 Å². The maximum atomic E-state index is 5.11. The summed E-state index contributed by atoms with van der Waals surface area (Å²) in [5.41, 5.74) is 12.1. The number of anilines is 1. The molecule has 204 valence electrons. The summed E-state index contributed by atoms with van der Waals surface area (Å²) in [6.45, 7) is 0.996. The summed E-state index contributed by atoms with van der Waals surface area (Å²) in [5, 5.41) is 9.03. The summed E-state index contributed by atoms with van der Waals surface area (Å²) in [6.07, 6.45) is 2.29. The molecule has 44 heavy (non-hydrogen) atoms. The van der Waals surface area contributed by atoms with Crippen molar-refractivity contribution in [3.05, 3.63) is 151 Å². The SMILES string of the molecule is C1=C2c3ccc4ccc(-c5ccc(-c6ccc(-c7ccc8c9ccccc9c9ccccc9c8c7)cc6)cc5)nc4c3N2C1. The third kappa shape index (κ3) is 3.34. The molecular weight excluding hydrogens is 532 g/mol. The molecule has 0 spiro atoms. The lowest BCUT2D eigenvalue weighted by Gasteiger charge is -2.45. The van der Waals surface area contributed by atoms with Crippen LogP contribution in [0.4, 0.5) is 5.69 Å². The Balaban J connectivity index is 0.980. The molecule has 0 atom stereocenters. The Morgan fingerprint density at radius 1 is 0.455 bits per heavy atom. The zero-order chi connectivity index (χ0) is 28.8. The first-order valence-corrected chi connectivity index (χ1v) is 15.3. The van der Waals surface area contributed by atoms with Crippen molar-refractivity contribution in [3.8, 4) is 33.5 Å². The van der Waals surface area contributed by atoms with Crippen molar-refractivity contribution in [2.75, 3.05) is 11.4 Å². The van der Waals surface area contributed by atoms with E-state index in [-0.39, 0.29) is 0 Å². The molecule has 0 saturated carbocycles. The van der Waals surface area contributed by atoms with Crippen molar-refractivity contribution in [3.63, 3.8) is 0 Å². The Bertz CT molecular complexity index is 2470. The average molecular weight is 559 g/mol. The molecule has 0 radical (unpaired) electrons. The highest BCUT2D eigenvalue weighted by Crippen LogP contribution is 2.50. The molecule has 10 rings (SSSR count). The van der Waals surface area contributed by atoms with Crippen LogP contribution in [0.15, 0.2) is 146 Å². The van der Waals surface area contributed by atoms with Crippen molar-refractivity contribution >= 4 is 54.6 Å². The van der Waals surface area contributed by atoms with Crippen LogP contribution in [0.2, 0.25) is 0 Å². The largest absolute Gasteiger partial charge is 0.335 e. The molecule has 2 aliphatic heterocycles. The van der Waals surface area contributed by atoms with Crippen LogP contribution in [0, 0.1) is 0 Å². The lowest BCUT2D eigenvalue weighted by molar-refractivity contribution is 0.980. The Labute approximate surface area is 255 Å². The van der Waals surface area contributed by atoms with Crippen LogP contribution in [0.25, 0.3) is 82.4 Å². The molecular formula is C42H26N2. The van der Waals surface area contributed by atoms with Gasteiger partial charge in [-0.1, -0.05) is 127 Å². The van der Waals surface area contributed by atoms with Gasteiger partial charge in [0.1, 0.15) is 0 Å². The van der Waals surface area contributed by atoms with Gasteiger partial charge in [-0.05, 0) is 72.8 Å². The van der Waals surface area contributed by atoms with Crippen molar-refractivity contribution < 1.29 is 0 Å². The molecule has 3 heterocycles. The van der Waals surface area contributed by atoms with E-state index < -0.39 is 0 Å². The fraction of sp³-hybridized carbons (Fsp3) is 0.0238. The quantitative estimate of drug-likeness (QED) is 0.201. The smallest absolute Gasteiger partial charge is 0.0953 e. The molecule has 0 bridgehead atoms. The number of aromatic nitrogens is 1. The summed E-state index contributed by atoms with van der Waals surface area (Å²) in [5.74, 6) is 0. The molecule has 0 saturated heterocycles. The van der Waals surface area contributed by atoms with Gasteiger partial charge < -0.3 is 4.90 Å². The van der Waals surface area contributed by atoms with Gasteiger partial charge in [0.05, 0.1) is 16.9 Å². The van der Waals surface area contributed by atoms with E-state index in [9.17, 15) is 0 Å². The number of hydrogen-bond acceptors (Lipinski definition) is 2. The standard InChI is InChI=1S/C42H26N2/c1-2-7-34-32(5-1)33-6-3-4-8-35(33)38-25-31(18-20-36(34)38)28-11-9-26(10-12-28)27-13-15-29(16-14-27)39-22-19-30-17-21-37-40-23-24-44(40)42(37)41(30)43-39/h1-23,25H,24H2. The Hall–Kier alpha value is -5.73. The molecule has 0 unspecified atom stereocenters. The molecule has 2 nitrogen and oxygen atoms in total. The van der Waals surface area contributed by atoms with E-state index in [1.165, 1.54) is 76.9 Å². The second kappa shape index (κ2) is 8.89. The van der Waals surface area contributed by atoms with Crippen LogP contribution < -0.4 is 4.90 Å². The molecule has 1 aromatic heterocycles. The maximum absolute atomic E-state index is 5.11. The molecule has 8 aromatic rings. The average Bonchev–Trinajstić information content (AvgIpc) is 3.08. The van der Waals surface area contributed by atoms with Crippen LogP contribution >= 0.6 is 0 Å².